The SMILES string of the molecule is CN=C(NCCCN1CCCC(C(N)=O)C1)N1CCC2(CCOC2)C1.I. The van der Waals surface area contributed by atoms with Crippen molar-refractivity contribution in [2.75, 3.05) is 59.5 Å². The number of nitrogens with one attached hydrogen (secondary N) is 1. The molecule has 3 heterocycles. The highest BCUT2D eigenvalue weighted by Gasteiger charge is 2.42. The summed E-state index contributed by atoms with van der Waals surface area (Å²) >= 11 is 0. The van der Waals surface area contributed by atoms with Crippen molar-refractivity contribution in [3.05, 3.63) is 0 Å². The third-order valence-corrected chi connectivity index (χ3v) is 5.98. The van der Waals surface area contributed by atoms with Gasteiger partial charge in [0.15, 0.2) is 5.96 Å². The fourth-order valence-electron chi connectivity index (χ4n) is 4.41. The van der Waals surface area contributed by atoms with E-state index in [2.05, 4.69) is 20.1 Å². The highest BCUT2D eigenvalue weighted by Crippen LogP contribution is 2.38. The molecule has 3 fully saturated rings. The monoisotopic (exact) mass is 479 g/mol. The number of aliphatic imine (C=N–C) groups is 1. The predicted molar refractivity (Wildman–Crippen MR) is 114 cm³/mol. The number of carbonyl (C=O) groups is 1. The Bertz CT molecular complexity index is 496. The van der Waals surface area contributed by atoms with Gasteiger partial charge >= 0.3 is 0 Å². The molecule has 2 atom stereocenters. The summed E-state index contributed by atoms with van der Waals surface area (Å²) in [4.78, 5) is 20.6. The second kappa shape index (κ2) is 10.1. The van der Waals surface area contributed by atoms with E-state index < -0.39 is 0 Å². The van der Waals surface area contributed by atoms with Crippen molar-refractivity contribution < 1.29 is 9.53 Å². The van der Waals surface area contributed by atoms with Crippen LogP contribution >= 0.6 is 24.0 Å². The molecular formula is C18H34IN5O2. The smallest absolute Gasteiger partial charge is 0.221 e. The molecule has 7 nitrogen and oxygen atoms in total. The zero-order valence-electron chi connectivity index (χ0n) is 15.9. The number of hydrogen-bond acceptors (Lipinski definition) is 4. The van der Waals surface area contributed by atoms with Gasteiger partial charge in [0.1, 0.15) is 0 Å². The first-order chi connectivity index (χ1) is 12.1. The Morgan fingerprint density at radius 2 is 2.23 bits per heavy atom. The van der Waals surface area contributed by atoms with Crippen LogP contribution in [0.2, 0.25) is 0 Å². The van der Waals surface area contributed by atoms with Gasteiger partial charge < -0.3 is 25.6 Å². The molecule has 2 unspecified atom stereocenters. The van der Waals surface area contributed by atoms with E-state index in [0.29, 0.717) is 5.41 Å². The van der Waals surface area contributed by atoms with Gasteiger partial charge in [-0.15, -0.1) is 24.0 Å². The third kappa shape index (κ3) is 5.45. The number of rotatable bonds is 5. The van der Waals surface area contributed by atoms with Crippen molar-refractivity contribution in [1.29, 1.82) is 0 Å². The largest absolute Gasteiger partial charge is 0.381 e. The number of nitrogens with zero attached hydrogens (tertiary/aromatic N) is 3. The lowest BCUT2D eigenvalue weighted by molar-refractivity contribution is -0.123. The van der Waals surface area contributed by atoms with Gasteiger partial charge in [-0.25, -0.2) is 0 Å². The molecule has 150 valence electrons. The van der Waals surface area contributed by atoms with E-state index in [4.69, 9.17) is 10.5 Å². The van der Waals surface area contributed by atoms with Gasteiger partial charge in [-0.3, -0.25) is 9.79 Å². The second-order valence-electron chi connectivity index (χ2n) is 7.84. The fourth-order valence-corrected chi connectivity index (χ4v) is 4.41. The number of likely N-dealkylation sites (tertiary alicyclic amines) is 2. The highest BCUT2D eigenvalue weighted by atomic mass is 127. The molecule has 0 aromatic rings. The Morgan fingerprint density at radius 1 is 1.38 bits per heavy atom. The summed E-state index contributed by atoms with van der Waals surface area (Å²) in [6, 6.07) is 0. The molecule has 3 aliphatic rings. The number of ether oxygens (including phenoxy) is 1. The molecule has 0 radical (unpaired) electrons. The minimum Gasteiger partial charge on any atom is -0.381 e. The van der Waals surface area contributed by atoms with Crippen LogP contribution in [0.3, 0.4) is 0 Å². The Morgan fingerprint density at radius 3 is 2.92 bits per heavy atom. The molecule has 3 aliphatic heterocycles. The zero-order chi connectivity index (χ0) is 17.7. The van der Waals surface area contributed by atoms with Gasteiger partial charge in [-0.2, -0.15) is 0 Å². The van der Waals surface area contributed by atoms with Crippen molar-refractivity contribution in [2.24, 2.45) is 22.1 Å². The number of piperidine rings is 1. The van der Waals surface area contributed by atoms with E-state index in [0.717, 1.165) is 77.7 Å². The molecule has 3 saturated heterocycles. The molecule has 26 heavy (non-hydrogen) atoms. The van der Waals surface area contributed by atoms with Crippen LogP contribution in [-0.2, 0) is 9.53 Å². The number of hydrogen-bond donors (Lipinski definition) is 2. The molecule has 0 bridgehead atoms. The molecule has 0 aromatic carbocycles. The summed E-state index contributed by atoms with van der Waals surface area (Å²) in [5, 5.41) is 3.51. The molecule has 3 rings (SSSR count). The number of nitrogens with two attached hydrogens (primary N) is 1. The quantitative estimate of drug-likeness (QED) is 0.265. The van der Waals surface area contributed by atoms with Crippen LogP contribution in [0.25, 0.3) is 0 Å². The first-order valence-corrected chi connectivity index (χ1v) is 9.67. The summed E-state index contributed by atoms with van der Waals surface area (Å²) in [6.07, 6.45) is 5.44. The molecule has 0 aliphatic carbocycles. The van der Waals surface area contributed by atoms with E-state index in [1.54, 1.807) is 0 Å². The number of amides is 1. The molecule has 0 aromatic heterocycles. The summed E-state index contributed by atoms with van der Waals surface area (Å²) in [5.74, 6) is 0.892. The maximum atomic E-state index is 11.4. The Kier molecular flexibility index (Phi) is 8.41. The Balaban J connectivity index is 0.00000243. The molecule has 0 saturated carbocycles. The first kappa shape index (κ1) is 21.7. The lowest BCUT2D eigenvalue weighted by atomic mass is 9.87. The van der Waals surface area contributed by atoms with E-state index in [-0.39, 0.29) is 35.8 Å². The average molecular weight is 479 g/mol. The van der Waals surface area contributed by atoms with Gasteiger partial charge in [-0.05, 0) is 45.2 Å². The van der Waals surface area contributed by atoms with Crippen LogP contribution in [-0.4, -0.2) is 81.2 Å². The van der Waals surface area contributed by atoms with Crippen LogP contribution in [0.1, 0.15) is 32.1 Å². The van der Waals surface area contributed by atoms with Crippen LogP contribution in [0, 0.1) is 11.3 Å². The normalized spacial score (nSPS) is 29.8. The molecule has 8 heteroatoms. The molecule has 1 spiro atoms. The highest BCUT2D eigenvalue weighted by molar-refractivity contribution is 14.0. The van der Waals surface area contributed by atoms with Gasteiger partial charge in [0.2, 0.25) is 5.91 Å². The van der Waals surface area contributed by atoms with Crippen LogP contribution < -0.4 is 11.1 Å². The van der Waals surface area contributed by atoms with Gasteiger partial charge in [0, 0.05) is 45.2 Å². The molecule has 3 N–H and O–H groups in total. The van der Waals surface area contributed by atoms with Gasteiger partial charge in [0.25, 0.3) is 0 Å². The van der Waals surface area contributed by atoms with Crippen molar-refractivity contribution >= 4 is 35.8 Å². The lowest BCUT2D eigenvalue weighted by Gasteiger charge is -2.31. The third-order valence-electron chi connectivity index (χ3n) is 5.98. The van der Waals surface area contributed by atoms with Gasteiger partial charge in [0.05, 0.1) is 12.5 Å². The standard InChI is InChI=1S/C18H33N5O2.HI/c1-20-17(23-10-5-18(13-23)6-11-25-14-18)21-7-3-9-22-8-2-4-15(12-22)16(19)24;/h15H,2-14H2,1H3,(H2,19,24)(H,20,21);1H. The first-order valence-electron chi connectivity index (χ1n) is 9.67. The summed E-state index contributed by atoms with van der Waals surface area (Å²) in [5.41, 5.74) is 5.81. The van der Waals surface area contributed by atoms with Crippen LogP contribution in [0.15, 0.2) is 4.99 Å². The Hall–Kier alpha value is -0.610. The van der Waals surface area contributed by atoms with E-state index in [9.17, 15) is 4.79 Å². The Labute approximate surface area is 174 Å². The molecular weight excluding hydrogens is 445 g/mol. The summed E-state index contributed by atoms with van der Waals surface area (Å²) in [6.45, 7) is 7.73. The number of primary amides is 1. The average Bonchev–Trinajstić information content (AvgIpc) is 3.25. The van der Waals surface area contributed by atoms with Crippen molar-refractivity contribution in [1.82, 2.24) is 15.1 Å². The van der Waals surface area contributed by atoms with E-state index in [1.807, 2.05) is 7.05 Å². The lowest BCUT2D eigenvalue weighted by Crippen LogP contribution is -2.44. The van der Waals surface area contributed by atoms with E-state index in [1.165, 1.54) is 12.8 Å². The minimum atomic E-state index is -0.151. The van der Waals surface area contributed by atoms with Crippen molar-refractivity contribution in [2.45, 2.75) is 32.1 Å². The number of halogens is 1. The van der Waals surface area contributed by atoms with Gasteiger partial charge in [-0.1, -0.05) is 0 Å². The second-order valence-corrected chi connectivity index (χ2v) is 7.84. The maximum Gasteiger partial charge on any atom is 0.221 e. The predicted octanol–water partition coefficient (Wildman–Crippen LogP) is 0.880. The van der Waals surface area contributed by atoms with Crippen LogP contribution in [0.4, 0.5) is 0 Å². The topological polar surface area (TPSA) is 83.2 Å². The number of guanidine groups is 1. The minimum absolute atomic E-state index is 0. The van der Waals surface area contributed by atoms with Crippen molar-refractivity contribution in [3.63, 3.8) is 0 Å². The summed E-state index contributed by atoms with van der Waals surface area (Å²) in [7, 11) is 1.86. The maximum absolute atomic E-state index is 11.4. The fraction of sp³-hybridized carbons (Fsp3) is 0.889. The van der Waals surface area contributed by atoms with E-state index >= 15 is 0 Å². The summed E-state index contributed by atoms with van der Waals surface area (Å²) < 4.78 is 5.61. The molecule has 1 amide bonds. The van der Waals surface area contributed by atoms with Crippen LogP contribution in [0.5, 0.6) is 0 Å². The zero-order valence-corrected chi connectivity index (χ0v) is 18.2. The number of carbonyl (C=O) groups excluding carboxylic acids is 1. The van der Waals surface area contributed by atoms with Crippen molar-refractivity contribution in [3.8, 4) is 0 Å².